The summed E-state index contributed by atoms with van der Waals surface area (Å²) < 4.78 is 28.7. The minimum atomic E-state index is -2.67. The lowest BCUT2D eigenvalue weighted by atomic mass is 10.0. The molecule has 38 heavy (non-hydrogen) atoms. The highest BCUT2D eigenvalue weighted by Gasteiger charge is 2.35. The fourth-order valence-electron chi connectivity index (χ4n) is 4.27. The Balaban J connectivity index is 1.48. The SMILES string of the molecule is Cn1c(=O)nc(NC(C)(C)c2ncccn2)c2cc(Nc3nc(N4CCC(F)(F)CC4)ncc3Cl)ccc21. The van der Waals surface area contributed by atoms with E-state index in [1.807, 2.05) is 19.9 Å². The maximum atomic E-state index is 13.6. The zero-order valence-corrected chi connectivity index (χ0v) is 21.8. The number of aryl methyl sites for hydroxylation is 1. The molecular weight excluding hydrogens is 516 g/mol. The quantitative estimate of drug-likeness (QED) is 0.364. The number of benzene rings is 1. The molecule has 198 valence electrons. The highest BCUT2D eigenvalue weighted by Crippen LogP contribution is 2.33. The standard InChI is InChI=1S/C25H26ClF2N9O/c1-24(2,21-29-9-4-10-30-21)35-19-16-13-15(5-6-18(16)36(3)23(38)34-19)32-20-17(26)14-31-22(33-20)37-11-7-25(27,28)8-12-37/h4-6,9-10,13-14H,7-8,11-12H2,1-3H3,(H,31,32,33)(H,34,35,38). The monoisotopic (exact) mass is 541 g/mol. The van der Waals surface area contributed by atoms with Gasteiger partial charge in [-0.15, -0.1) is 0 Å². The number of hydrogen-bond donors (Lipinski definition) is 2. The summed E-state index contributed by atoms with van der Waals surface area (Å²) in [5.74, 6) is -1.10. The summed E-state index contributed by atoms with van der Waals surface area (Å²) in [6, 6.07) is 7.14. The second-order valence-corrected chi connectivity index (χ2v) is 10.1. The molecule has 1 aliphatic heterocycles. The van der Waals surface area contributed by atoms with Gasteiger partial charge in [-0.05, 0) is 38.1 Å². The van der Waals surface area contributed by atoms with Crippen LogP contribution in [-0.4, -0.2) is 48.5 Å². The van der Waals surface area contributed by atoms with E-state index in [9.17, 15) is 13.6 Å². The van der Waals surface area contributed by atoms with Gasteiger partial charge in [0.25, 0.3) is 5.92 Å². The highest BCUT2D eigenvalue weighted by molar-refractivity contribution is 6.32. The maximum absolute atomic E-state index is 13.6. The van der Waals surface area contributed by atoms with E-state index >= 15 is 0 Å². The molecule has 0 spiro atoms. The number of rotatable bonds is 6. The minimum absolute atomic E-state index is 0.152. The zero-order valence-electron chi connectivity index (χ0n) is 21.0. The van der Waals surface area contributed by atoms with Crippen molar-refractivity contribution in [1.82, 2.24) is 29.5 Å². The van der Waals surface area contributed by atoms with Crippen LogP contribution in [0.1, 0.15) is 32.5 Å². The normalized spacial score (nSPS) is 15.5. The third kappa shape index (κ3) is 5.21. The van der Waals surface area contributed by atoms with Gasteiger partial charge in [-0.25, -0.2) is 28.5 Å². The van der Waals surface area contributed by atoms with Crippen molar-refractivity contribution in [2.75, 3.05) is 28.6 Å². The molecule has 1 aliphatic rings. The predicted octanol–water partition coefficient (Wildman–Crippen LogP) is 4.49. The molecule has 0 unspecified atom stereocenters. The first-order valence-electron chi connectivity index (χ1n) is 12.0. The van der Waals surface area contributed by atoms with Crippen LogP contribution in [0.5, 0.6) is 0 Å². The van der Waals surface area contributed by atoms with Crippen LogP contribution in [0.25, 0.3) is 10.9 Å². The summed E-state index contributed by atoms with van der Waals surface area (Å²) in [5, 5.41) is 7.45. The van der Waals surface area contributed by atoms with E-state index in [-0.39, 0.29) is 31.0 Å². The molecule has 0 radical (unpaired) electrons. The fourth-order valence-corrected chi connectivity index (χ4v) is 4.41. The van der Waals surface area contributed by atoms with Crippen molar-refractivity contribution in [3.63, 3.8) is 0 Å². The van der Waals surface area contributed by atoms with Crippen LogP contribution in [0.2, 0.25) is 5.02 Å². The molecule has 3 aromatic heterocycles. The van der Waals surface area contributed by atoms with Gasteiger partial charge in [0.1, 0.15) is 10.8 Å². The Labute approximate surface area is 222 Å². The predicted molar refractivity (Wildman–Crippen MR) is 142 cm³/mol. The molecule has 13 heteroatoms. The molecule has 1 saturated heterocycles. The summed E-state index contributed by atoms with van der Waals surface area (Å²) >= 11 is 6.37. The second-order valence-electron chi connectivity index (χ2n) is 9.69. The Morgan fingerprint density at radius 2 is 1.76 bits per heavy atom. The third-order valence-corrected chi connectivity index (χ3v) is 6.71. The molecule has 0 amide bonds. The van der Waals surface area contributed by atoms with Crippen LogP contribution < -0.4 is 21.2 Å². The number of nitrogens with one attached hydrogen (secondary N) is 2. The summed E-state index contributed by atoms with van der Waals surface area (Å²) in [5.41, 5.74) is 0.145. The molecule has 0 atom stereocenters. The maximum Gasteiger partial charge on any atom is 0.349 e. The van der Waals surface area contributed by atoms with Gasteiger partial charge in [-0.1, -0.05) is 11.6 Å². The van der Waals surface area contributed by atoms with Gasteiger partial charge in [0.15, 0.2) is 11.6 Å². The Bertz CT molecular complexity index is 1540. The van der Waals surface area contributed by atoms with Crippen molar-refractivity contribution in [2.24, 2.45) is 7.05 Å². The van der Waals surface area contributed by atoms with Crippen LogP contribution in [0.3, 0.4) is 0 Å². The molecule has 10 nitrogen and oxygen atoms in total. The lowest BCUT2D eigenvalue weighted by Crippen LogP contribution is -2.40. The van der Waals surface area contributed by atoms with Crippen LogP contribution in [0.4, 0.5) is 32.1 Å². The van der Waals surface area contributed by atoms with Gasteiger partial charge in [-0.2, -0.15) is 9.97 Å². The average Bonchev–Trinajstić information content (AvgIpc) is 2.89. The fraction of sp³-hybridized carbons (Fsp3) is 0.360. The van der Waals surface area contributed by atoms with Gasteiger partial charge < -0.3 is 15.5 Å². The molecular formula is C25H26ClF2N9O. The summed E-state index contributed by atoms with van der Waals surface area (Å²) in [6.45, 7) is 4.10. The first-order valence-corrected chi connectivity index (χ1v) is 12.4. The van der Waals surface area contributed by atoms with Crippen molar-refractivity contribution >= 4 is 45.8 Å². The molecule has 4 aromatic rings. The first kappa shape index (κ1) is 25.7. The van der Waals surface area contributed by atoms with Crippen molar-refractivity contribution in [1.29, 1.82) is 0 Å². The Hall–Kier alpha value is -3.93. The first-order chi connectivity index (χ1) is 18.0. The van der Waals surface area contributed by atoms with Gasteiger partial charge in [-0.3, -0.25) is 4.57 Å². The number of fused-ring (bicyclic) bond motifs is 1. The van der Waals surface area contributed by atoms with E-state index < -0.39 is 17.2 Å². The summed E-state index contributed by atoms with van der Waals surface area (Å²) in [4.78, 5) is 36.0. The van der Waals surface area contributed by atoms with Crippen LogP contribution in [0, 0.1) is 0 Å². The van der Waals surface area contributed by atoms with Crippen molar-refractivity contribution in [2.45, 2.75) is 38.2 Å². The lowest BCUT2D eigenvalue weighted by Gasteiger charge is -2.31. The number of nitrogens with zero attached hydrogens (tertiary/aromatic N) is 7. The Morgan fingerprint density at radius 1 is 1.05 bits per heavy atom. The number of alkyl halides is 2. The summed E-state index contributed by atoms with van der Waals surface area (Å²) in [7, 11) is 1.65. The van der Waals surface area contributed by atoms with Crippen molar-refractivity contribution in [3.05, 3.63) is 64.2 Å². The smallest absolute Gasteiger partial charge is 0.349 e. The molecule has 2 N–H and O–H groups in total. The molecule has 0 saturated carbocycles. The van der Waals surface area contributed by atoms with Gasteiger partial charge in [0.05, 0.1) is 17.3 Å². The van der Waals surface area contributed by atoms with Crippen LogP contribution >= 0.6 is 11.6 Å². The molecule has 1 fully saturated rings. The van der Waals surface area contributed by atoms with Crippen molar-refractivity contribution in [3.8, 4) is 0 Å². The topological polar surface area (TPSA) is 114 Å². The number of halogens is 3. The van der Waals surface area contributed by atoms with E-state index in [1.54, 1.807) is 42.5 Å². The largest absolute Gasteiger partial charge is 0.357 e. The van der Waals surface area contributed by atoms with Crippen molar-refractivity contribution < 1.29 is 8.78 Å². The molecule has 4 heterocycles. The highest BCUT2D eigenvalue weighted by atomic mass is 35.5. The van der Waals surface area contributed by atoms with Gasteiger partial charge in [0, 0.05) is 56.4 Å². The summed E-state index contributed by atoms with van der Waals surface area (Å²) in [6.07, 6.45) is 4.24. The van der Waals surface area contributed by atoms with Crippen LogP contribution in [0.15, 0.2) is 47.7 Å². The minimum Gasteiger partial charge on any atom is -0.357 e. The molecule has 0 aliphatic carbocycles. The van der Waals surface area contributed by atoms with Gasteiger partial charge in [0.2, 0.25) is 5.95 Å². The number of piperidine rings is 1. The second kappa shape index (κ2) is 9.75. The number of anilines is 4. The number of aromatic nitrogens is 6. The molecule has 5 rings (SSSR count). The van der Waals surface area contributed by atoms with E-state index in [0.29, 0.717) is 40.0 Å². The number of hydrogen-bond acceptors (Lipinski definition) is 9. The zero-order chi connectivity index (χ0) is 27.1. The van der Waals surface area contributed by atoms with E-state index in [0.717, 1.165) is 0 Å². The molecule has 1 aromatic carbocycles. The van der Waals surface area contributed by atoms with E-state index in [2.05, 4.69) is 35.6 Å². The average molecular weight is 542 g/mol. The lowest BCUT2D eigenvalue weighted by molar-refractivity contribution is -0.0222. The molecule has 0 bridgehead atoms. The Kier molecular flexibility index (Phi) is 6.59. The van der Waals surface area contributed by atoms with E-state index in [1.165, 1.54) is 10.8 Å². The Morgan fingerprint density at radius 3 is 2.47 bits per heavy atom. The van der Waals surface area contributed by atoms with E-state index in [4.69, 9.17) is 11.6 Å². The third-order valence-electron chi connectivity index (χ3n) is 6.44. The van der Waals surface area contributed by atoms with Gasteiger partial charge >= 0.3 is 5.69 Å². The van der Waals surface area contributed by atoms with Crippen LogP contribution in [-0.2, 0) is 12.6 Å².